The number of anilines is 1. The van der Waals surface area contributed by atoms with E-state index in [1.54, 1.807) is 37.5 Å². The fraction of sp³-hybridized carbons (Fsp3) is 0.421. The number of likely N-dealkylation sites (tertiary alicyclic amines) is 1. The first-order chi connectivity index (χ1) is 14.0. The van der Waals surface area contributed by atoms with Crippen LogP contribution < -0.4 is 5.32 Å². The Morgan fingerprint density at radius 1 is 1.31 bits per heavy atom. The first-order valence-corrected chi connectivity index (χ1v) is 9.91. The fourth-order valence-corrected chi connectivity index (χ4v) is 4.90. The van der Waals surface area contributed by atoms with Gasteiger partial charge in [0.15, 0.2) is 5.82 Å². The number of hydrogen-bond acceptors (Lipinski definition) is 6. The predicted molar refractivity (Wildman–Crippen MR) is 105 cm³/mol. The number of halogens is 1. The number of fused-ring (bicyclic) bond motifs is 2. The van der Waals surface area contributed by atoms with Gasteiger partial charge in [-0.05, 0) is 43.9 Å². The fourth-order valence-electron chi connectivity index (χ4n) is 4.70. The van der Waals surface area contributed by atoms with E-state index in [1.165, 1.54) is 4.80 Å². The highest BCUT2D eigenvalue weighted by Gasteiger charge is 2.62. The van der Waals surface area contributed by atoms with Crippen molar-refractivity contribution < 1.29 is 9.32 Å². The van der Waals surface area contributed by atoms with Crippen LogP contribution in [0.3, 0.4) is 0 Å². The second kappa shape index (κ2) is 6.55. The molecule has 9 nitrogen and oxygen atoms in total. The summed E-state index contributed by atoms with van der Waals surface area (Å²) in [5, 5.41) is 15.6. The van der Waals surface area contributed by atoms with E-state index in [0.29, 0.717) is 34.0 Å². The smallest absolute Gasteiger partial charge is 0.323 e. The number of amides is 2. The van der Waals surface area contributed by atoms with Gasteiger partial charge < -0.3 is 14.7 Å². The number of nitrogens with one attached hydrogen (secondary N) is 1. The Kier molecular flexibility index (Phi) is 4.09. The molecule has 2 unspecified atom stereocenters. The third-order valence-corrected chi connectivity index (χ3v) is 6.06. The van der Waals surface area contributed by atoms with Crippen molar-refractivity contribution in [2.45, 2.75) is 44.7 Å². The monoisotopic (exact) mass is 413 g/mol. The van der Waals surface area contributed by atoms with Gasteiger partial charge in [0.25, 0.3) is 5.89 Å². The van der Waals surface area contributed by atoms with Crippen LogP contribution in [0.2, 0.25) is 5.02 Å². The number of carbonyl (C=O) groups excluding carboxylic acids is 1. The van der Waals surface area contributed by atoms with E-state index in [-0.39, 0.29) is 12.1 Å². The largest absolute Gasteiger partial charge is 0.337 e. The SMILES string of the molecule is Cc1noc(C23CC(C[C@@H](C)C2)N3C(=O)Nc2ccc(Cl)c(-n3nccn3)c2)n1. The molecule has 3 aromatic rings. The van der Waals surface area contributed by atoms with Crippen LogP contribution in [0.4, 0.5) is 10.5 Å². The molecule has 0 spiro atoms. The summed E-state index contributed by atoms with van der Waals surface area (Å²) in [5.74, 6) is 1.58. The molecule has 5 rings (SSSR count). The van der Waals surface area contributed by atoms with Gasteiger partial charge in [0.05, 0.1) is 17.4 Å². The standard InChI is InChI=1S/C19H20ClN7O2/c1-11-7-14-10-19(9-11,17-23-12(2)25-29-17)26(14)18(28)24-13-3-4-15(20)16(8-13)27-21-5-6-22-27/h3-6,8,11,14H,7,9-10H2,1-2H3,(H,24,28)/t11-,14?,19?/m1/s1. The maximum absolute atomic E-state index is 13.2. The van der Waals surface area contributed by atoms with E-state index in [9.17, 15) is 4.79 Å². The molecule has 2 aromatic heterocycles. The molecular formula is C19H20ClN7O2. The summed E-state index contributed by atoms with van der Waals surface area (Å²) in [4.78, 5) is 21.0. The van der Waals surface area contributed by atoms with Crippen molar-refractivity contribution in [2.24, 2.45) is 5.92 Å². The van der Waals surface area contributed by atoms with Crippen molar-refractivity contribution in [1.82, 2.24) is 30.0 Å². The Balaban J connectivity index is 1.43. The predicted octanol–water partition coefficient (Wildman–Crippen LogP) is 3.54. The summed E-state index contributed by atoms with van der Waals surface area (Å²) >= 11 is 6.27. The maximum Gasteiger partial charge on any atom is 0.323 e. The molecule has 1 aliphatic heterocycles. The third kappa shape index (κ3) is 2.88. The number of hydrogen-bond donors (Lipinski definition) is 1. The number of aromatic nitrogens is 5. The minimum atomic E-state index is -0.535. The van der Waals surface area contributed by atoms with E-state index in [2.05, 4.69) is 32.6 Å². The number of benzene rings is 1. The van der Waals surface area contributed by atoms with E-state index < -0.39 is 5.54 Å². The van der Waals surface area contributed by atoms with Crippen molar-refractivity contribution in [2.75, 3.05) is 5.32 Å². The highest BCUT2D eigenvalue weighted by Crippen LogP contribution is 2.55. The van der Waals surface area contributed by atoms with Crippen molar-refractivity contribution in [3.63, 3.8) is 0 Å². The molecule has 10 heteroatoms. The van der Waals surface area contributed by atoms with Crippen LogP contribution in [-0.4, -0.2) is 42.1 Å². The molecule has 150 valence electrons. The molecule has 1 saturated heterocycles. The highest BCUT2D eigenvalue weighted by atomic mass is 35.5. The van der Waals surface area contributed by atoms with Crippen LogP contribution in [0.25, 0.3) is 5.69 Å². The summed E-state index contributed by atoms with van der Waals surface area (Å²) in [6, 6.07) is 5.19. The molecule has 2 aliphatic rings. The molecule has 1 aliphatic carbocycles. The zero-order chi connectivity index (χ0) is 20.2. The molecule has 1 N–H and O–H groups in total. The quantitative estimate of drug-likeness (QED) is 0.704. The summed E-state index contributed by atoms with van der Waals surface area (Å²) in [6.45, 7) is 3.98. The molecule has 3 heterocycles. The third-order valence-electron chi connectivity index (χ3n) is 5.74. The number of aryl methyl sites for hydroxylation is 1. The lowest BCUT2D eigenvalue weighted by Crippen LogP contribution is -2.70. The molecular weight excluding hydrogens is 394 g/mol. The summed E-state index contributed by atoms with van der Waals surface area (Å²) in [7, 11) is 0. The van der Waals surface area contributed by atoms with Gasteiger partial charge in [-0.3, -0.25) is 0 Å². The van der Waals surface area contributed by atoms with Crippen LogP contribution in [0.1, 0.15) is 37.9 Å². The Morgan fingerprint density at radius 3 is 2.83 bits per heavy atom. The zero-order valence-electron chi connectivity index (χ0n) is 16.0. The summed E-state index contributed by atoms with van der Waals surface area (Å²) in [5.41, 5.74) is 0.669. The normalized spacial score (nSPS) is 25.6. The number of urea groups is 1. The van der Waals surface area contributed by atoms with Gasteiger partial charge in [-0.15, -0.1) is 0 Å². The number of nitrogens with zero attached hydrogens (tertiary/aromatic N) is 6. The second-order valence-electron chi connectivity index (χ2n) is 7.87. The zero-order valence-corrected chi connectivity index (χ0v) is 16.8. The average Bonchev–Trinajstić information content (AvgIpc) is 3.34. The van der Waals surface area contributed by atoms with E-state index in [1.807, 2.05) is 4.90 Å². The molecule has 2 fully saturated rings. The van der Waals surface area contributed by atoms with Crippen LogP contribution in [-0.2, 0) is 5.54 Å². The van der Waals surface area contributed by atoms with E-state index in [0.717, 1.165) is 19.3 Å². The molecule has 2 bridgehead atoms. The van der Waals surface area contributed by atoms with Gasteiger partial charge in [0.2, 0.25) is 0 Å². The Morgan fingerprint density at radius 2 is 2.10 bits per heavy atom. The molecule has 0 radical (unpaired) electrons. The van der Waals surface area contributed by atoms with Crippen molar-refractivity contribution in [3.05, 3.63) is 47.3 Å². The van der Waals surface area contributed by atoms with Crippen LogP contribution in [0.5, 0.6) is 0 Å². The van der Waals surface area contributed by atoms with Crippen LogP contribution in [0.15, 0.2) is 35.1 Å². The van der Waals surface area contributed by atoms with Gasteiger partial charge in [-0.25, -0.2) is 4.79 Å². The average molecular weight is 414 g/mol. The molecule has 29 heavy (non-hydrogen) atoms. The van der Waals surface area contributed by atoms with E-state index in [4.69, 9.17) is 16.1 Å². The molecule has 1 saturated carbocycles. The molecule has 2 amide bonds. The first-order valence-electron chi connectivity index (χ1n) is 9.53. The number of carbonyl (C=O) groups is 1. The lowest BCUT2D eigenvalue weighted by Gasteiger charge is -2.61. The van der Waals surface area contributed by atoms with Gasteiger partial charge in [-0.2, -0.15) is 20.0 Å². The Labute approximate surface area is 172 Å². The minimum absolute atomic E-state index is 0.158. The van der Waals surface area contributed by atoms with Gasteiger partial charge in [0, 0.05) is 18.2 Å². The topological polar surface area (TPSA) is 102 Å². The second-order valence-corrected chi connectivity index (χ2v) is 8.27. The van der Waals surface area contributed by atoms with Crippen molar-refractivity contribution >= 4 is 23.3 Å². The van der Waals surface area contributed by atoms with Crippen LogP contribution >= 0.6 is 11.6 Å². The van der Waals surface area contributed by atoms with Crippen LogP contribution in [0, 0.1) is 12.8 Å². The molecule has 1 aromatic carbocycles. The molecule has 3 atom stereocenters. The van der Waals surface area contributed by atoms with Gasteiger partial charge in [0.1, 0.15) is 11.2 Å². The van der Waals surface area contributed by atoms with Crippen molar-refractivity contribution in [3.8, 4) is 5.69 Å². The van der Waals surface area contributed by atoms with E-state index >= 15 is 0 Å². The van der Waals surface area contributed by atoms with Gasteiger partial charge in [-0.1, -0.05) is 23.7 Å². The highest BCUT2D eigenvalue weighted by molar-refractivity contribution is 6.32. The van der Waals surface area contributed by atoms with Gasteiger partial charge >= 0.3 is 6.03 Å². The lowest BCUT2D eigenvalue weighted by molar-refractivity contribution is -0.111. The number of piperidine rings is 1. The minimum Gasteiger partial charge on any atom is -0.337 e. The van der Waals surface area contributed by atoms with Crippen molar-refractivity contribution in [1.29, 1.82) is 0 Å². The summed E-state index contributed by atoms with van der Waals surface area (Å²) < 4.78 is 5.49. The maximum atomic E-state index is 13.2. The lowest BCUT2D eigenvalue weighted by atomic mass is 9.64. The number of rotatable bonds is 3. The Hall–Kier alpha value is -2.94. The summed E-state index contributed by atoms with van der Waals surface area (Å²) in [6.07, 6.45) is 5.75. The first kappa shape index (κ1) is 18.1. The Bertz CT molecular complexity index is 1070.